The topological polar surface area (TPSA) is 75.7 Å². The highest BCUT2D eigenvalue weighted by atomic mass is 32.2. The third-order valence-electron chi connectivity index (χ3n) is 2.47. The molecule has 0 amide bonds. The van der Waals surface area contributed by atoms with Crippen LogP contribution in [-0.2, 0) is 0 Å². The number of nitrogens with zero attached hydrogens (tertiary/aromatic N) is 2. The number of benzene rings is 1. The van der Waals surface area contributed by atoms with Gasteiger partial charge in [0.2, 0.25) is 0 Å². The van der Waals surface area contributed by atoms with Gasteiger partial charge in [-0.2, -0.15) is 0 Å². The van der Waals surface area contributed by atoms with Crippen molar-refractivity contribution in [1.29, 1.82) is 5.41 Å². The van der Waals surface area contributed by atoms with E-state index in [1.165, 1.54) is 11.8 Å². The smallest absolute Gasteiger partial charge is 0.192 e. The molecular formula is C13H14N4S. The third-order valence-corrected chi connectivity index (χ3v) is 3.34. The Hall–Kier alpha value is -1.88. The number of aromatic nitrogens is 2. The quantitative estimate of drug-likeness (QED) is 0.504. The second kappa shape index (κ2) is 5.18. The minimum absolute atomic E-state index is 0.0934. The molecule has 0 saturated heterocycles. The molecule has 1 aromatic carbocycles. The van der Waals surface area contributed by atoms with Crippen LogP contribution in [0.4, 0.5) is 0 Å². The molecule has 0 aliphatic rings. The molecule has 0 atom stereocenters. The second-order valence-electron chi connectivity index (χ2n) is 3.97. The number of nitrogen functional groups attached to an aromatic ring is 1. The molecule has 2 rings (SSSR count). The van der Waals surface area contributed by atoms with E-state index >= 15 is 0 Å². The van der Waals surface area contributed by atoms with Crippen LogP contribution >= 0.6 is 11.8 Å². The van der Waals surface area contributed by atoms with Crippen LogP contribution in [-0.4, -0.2) is 15.8 Å². The maximum atomic E-state index is 7.44. The molecule has 1 heterocycles. The van der Waals surface area contributed by atoms with Crippen LogP contribution in [0.1, 0.15) is 16.8 Å². The highest BCUT2D eigenvalue weighted by molar-refractivity contribution is 7.99. The van der Waals surface area contributed by atoms with E-state index in [0.29, 0.717) is 0 Å². The van der Waals surface area contributed by atoms with Gasteiger partial charge in [0.1, 0.15) is 5.84 Å². The number of rotatable bonds is 3. The molecule has 4 nitrogen and oxygen atoms in total. The SMILES string of the molecule is Cc1ccnc(Sc2ccc(C(=N)N)c(C)c2)n1. The lowest BCUT2D eigenvalue weighted by atomic mass is 10.1. The van der Waals surface area contributed by atoms with E-state index in [1.807, 2.05) is 38.1 Å². The van der Waals surface area contributed by atoms with Crippen LogP contribution < -0.4 is 5.73 Å². The lowest BCUT2D eigenvalue weighted by Crippen LogP contribution is -2.12. The largest absolute Gasteiger partial charge is 0.384 e. The minimum atomic E-state index is 0.0934. The van der Waals surface area contributed by atoms with Crippen molar-refractivity contribution in [3.05, 3.63) is 47.3 Å². The first-order valence-corrected chi connectivity index (χ1v) is 6.30. The molecule has 0 aliphatic carbocycles. The summed E-state index contributed by atoms with van der Waals surface area (Å²) in [5, 5.41) is 8.17. The summed E-state index contributed by atoms with van der Waals surface area (Å²) in [5.74, 6) is 0.0934. The summed E-state index contributed by atoms with van der Waals surface area (Å²) in [4.78, 5) is 9.59. The molecule has 0 radical (unpaired) electrons. The molecule has 5 heteroatoms. The maximum Gasteiger partial charge on any atom is 0.192 e. The highest BCUT2D eigenvalue weighted by Gasteiger charge is 2.05. The van der Waals surface area contributed by atoms with Crippen molar-refractivity contribution in [3.8, 4) is 0 Å². The Kier molecular flexibility index (Phi) is 3.62. The summed E-state index contributed by atoms with van der Waals surface area (Å²) < 4.78 is 0. The van der Waals surface area contributed by atoms with Gasteiger partial charge in [-0.3, -0.25) is 5.41 Å². The molecule has 0 aliphatic heterocycles. The number of nitrogens with one attached hydrogen (secondary N) is 1. The van der Waals surface area contributed by atoms with Crippen LogP contribution in [0.5, 0.6) is 0 Å². The first-order valence-electron chi connectivity index (χ1n) is 5.49. The van der Waals surface area contributed by atoms with Crippen molar-refractivity contribution in [3.63, 3.8) is 0 Å². The molecule has 0 unspecified atom stereocenters. The van der Waals surface area contributed by atoms with Crippen LogP contribution in [0.3, 0.4) is 0 Å². The van der Waals surface area contributed by atoms with Gasteiger partial charge >= 0.3 is 0 Å². The van der Waals surface area contributed by atoms with E-state index in [9.17, 15) is 0 Å². The third kappa shape index (κ3) is 2.87. The van der Waals surface area contributed by atoms with E-state index < -0.39 is 0 Å². The standard InChI is InChI=1S/C13H14N4S/c1-8-7-10(3-4-11(8)12(14)15)18-13-16-6-5-9(2)17-13/h3-7H,1-2H3,(H3,14,15). The van der Waals surface area contributed by atoms with Crippen molar-refractivity contribution in [1.82, 2.24) is 9.97 Å². The average molecular weight is 258 g/mol. The van der Waals surface area contributed by atoms with Gasteiger partial charge in [-0.15, -0.1) is 0 Å². The Labute approximate surface area is 110 Å². The number of amidine groups is 1. The Bertz CT molecular complexity index is 595. The van der Waals surface area contributed by atoms with Gasteiger partial charge in [0.05, 0.1) is 0 Å². The monoisotopic (exact) mass is 258 g/mol. The van der Waals surface area contributed by atoms with Crippen LogP contribution in [0.2, 0.25) is 0 Å². The first kappa shape index (κ1) is 12.6. The van der Waals surface area contributed by atoms with Gasteiger partial charge in [-0.25, -0.2) is 9.97 Å². The van der Waals surface area contributed by atoms with Gasteiger partial charge in [-0.05, 0) is 55.4 Å². The van der Waals surface area contributed by atoms with Crippen molar-refractivity contribution in [2.75, 3.05) is 0 Å². The summed E-state index contributed by atoms with van der Waals surface area (Å²) in [6, 6.07) is 7.65. The van der Waals surface area contributed by atoms with Gasteiger partial charge < -0.3 is 5.73 Å². The summed E-state index contributed by atoms with van der Waals surface area (Å²) in [6.07, 6.45) is 1.75. The predicted octanol–water partition coefficient (Wildman–Crippen LogP) is 2.53. The fraction of sp³-hybridized carbons (Fsp3) is 0.154. The van der Waals surface area contributed by atoms with Crippen molar-refractivity contribution in [2.24, 2.45) is 5.73 Å². The fourth-order valence-corrected chi connectivity index (χ4v) is 2.47. The van der Waals surface area contributed by atoms with E-state index in [-0.39, 0.29) is 5.84 Å². The average Bonchev–Trinajstić information content (AvgIpc) is 2.28. The van der Waals surface area contributed by atoms with Crippen LogP contribution in [0.25, 0.3) is 0 Å². The van der Waals surface area contributed by atoms with Crippen molar-refractivity contribution < 1.29 is 0 Å². The first-order chi connectivity index (χ1) is 8.56. The van der Waals surface area contributed by atoms with Crippen molar-refractivity contribution in [2.45, 2.75) is 23.9 Å². The molecule has 0 saturated carbocycles. The highest BCUT2D eigenvalue weighted by Crippen LogP contribution is 2.26. The lowest BCUT2D eigenvalue weighted by Gasteiger charge is -2.06. The lowest BCUT2D eigenvalue weighted by molar-refractivity contribution is 0.932. The number of nitrogens with two attached hydrogens (primary N) is 1. The van der Waals surface area contributed by atoms with Crippen LogP contribution in [0, 0.1) is 19.3 Å². The minimum Gasteiger partial charge on any atom is -0.384 e. The van der Waals surface area contributed by atoms with Gasteiger partial charge in [0, 0.05) is 22.3 Å². The zero-order valence-electron chi connectivity index (χ0n) is 10.3. The maximum absolute atomic E-state index is 7.44. The van der Waals surface area contributed by atoms with Crippen molar-refractivity contribution >= 4 is 17.6 Å². The zero-order valence-corrected chi connectivity index (χ0v) is 11.1. The molecule has 0 fully saturated rings. The molecule has 3 N–H and O–H groups in total. The summed E-state index contributed by atoms with van der Waals surface area (Å²) in [5.41, 5.74) is 8.19. The summed E-state index contributed by atoms with van der Waals surface area (Å²) in [6.45, 7) is 3.88. The summed E-state index contributed by atoms with van der Waals surface area (Å²) in [7, 11) is 0. The predicted molar refractivity (Wildman–Crippen MR) is 73.1 cm³/mol. The number of aryl methyl sites for hydroxylation is 2. The van der Waals surface area contributed by atoms with Crippen LogP contribution in [0.15, 0.2) is 40.5 Å². The molecule has 1 aromatic heterocycles. The Morgan fingerprint density at radius 2 is 2.06 bits per heavy atom. The summed E-state index contributed by atoms with van der Waals surface area (Å²) >= 11 is 1.50. The van der Waals surface area contributed by atoms with E-state index in [4.69, 9.17) is 11.1 Å². The molecule has 92 valence electrons. The number of hydrogen-bond donors (Lipinski definition) is 2. The van der Waals surface area contributed by atoms with E-state index in [1.54, 1.807) is 6.20 Å². The van der Waals surface area contributed by atoms with Gasteiger partial charge in [0.15, 0.2) is 5.16 Å². The molecule has 0 spiro atoms. The molecule has 18 heavy (non-hydrogen) atoms. The Balaban J connectivity index is 2.25. The van der Waals surface area contributed by atoms with E-state index in [2.05, 4.69) is 9.97 Å². The van der Waals surface area contributed by atoms with Gasteiger partial charge in [0.25, 0.3) is 0 Å². The Morgan fingerprint density at radius 1 is 1.28 bits per heavy atom. The second-order valence-corrected chi connectivity index (χ2v) is 5.01. The zero-order chi connectivity index (χ0) is 13.1. The normalized spacial score (nSPS) is 10.3. The fourth-order valence-electron chi connectivity index (χ4n) is 1.58. The molecular weight excluding hydrogens is 244 g/mol. The molecule has 0 bridgehead atoms. The van der Waals surface area contributed by atoms with Gasteiger partial charge in [-0.1, -0.05) is 0 Å². The molecule has 2 aromatic rings. The Morgan fingerprint density at radius 3 is 2.67 bits per heavy atom. The van der Waals surface area contributed by atoms with E-state index in [0.717, 1.165) is 26.9 Å². The number of hydrogen-bond acceptors (Lipinski definition) is 4.